The second-order valence-electron chi connectivity index (χ2n) is 6.65. The average Bonchev–Trinajstić information content (AvgIpc) is 3.23. The second-order valence-corrected chi connectivity index (χ2v) is 7.74. The summed E-state index contributed by atoms with van der Waals surface area (Å²) in [6.07, 6.45) is 2.41. The summed E-state index contributed by atoms with van der Waals surface area (Å²) in [5, 5.41) is 24.8. The standard InChI is InChI=1S/C21H24N4O3S/c1-3-4-18-19(10-9-17(14(2)26)20(18)27)28-13-16-7-5-15(6-8-16)11-12-29-21-22-24-25-23-21/h5-10,27H,3-4,11-13H2,1-2H3,(H,22,23,24,25). The molecule has 8 heteroatoms. The minimum absolute atomic E-state index is 0.0339. The topological polar surface area (TPSA) is 101 Å². The number of thioether (sulfide) groups is 1. The Morgan fingerprint density at radius 2 is 1.90 bits per heavy atom. The molecule has 29 heavy (non-hydrogen) atoms. The maximum atomic E-state index is 11.7. The fourth-order valence-electron chi connectivity index (χ4n) is 2.97. The van der Waals surface area contributed by atoms with Crippen molar-refractivity contribution in [3.8, 4) is 11.5 Å². The monoisotopic (exact) mass is 412 g/mol. The zero-order chi connectivity index (χ0) is 20.6. The maximum absolute atomic E-state index is 11.7. The number of Topliss-reactive ketones (excluding diaryl/α,β-unsaturated/α-hetero) is 1. The lowest BCUT2D eigenvalue weighted by atomic mass is 10.0. The molecule has 1 aromatic heterocycles. The van der Waals surface area contributed by atoms with Gasteiger partial charge in [0, 0.05) is 11.3 Å². The van der Waals surface area contributed by atoms with Crippen LogP contribution in [0.3, 0.4) is 0 Å². The predicted molar refractivity (Wildman–Crippen MR) is 111 cm³/mol. The average molecular weight is 413 g/mol. The first-order valence-electron chi connectivity index (χ1n) is 9.51. The number of carbonyl (C=O) groups excluding carboxylic acids is 1. The van der Waals surface area contributed by atoms with Gasteiger partial charge in [0.2, 0.25) is 5.16 Å². The van der Waals surface area contributed by atoms with Crippen molar-refractivity contribution in [1.82, 2.24) is 20.6 Å². The van der Waals surface area contributed by atoms with E-state index < -0.39 is 0 Å². The van der Waals surface area contributed by atoms with Gasteiger partial charge >= 0.3 is 0 Å². The van der Waals surface area contributed by atoms with Crippen LogP contribution >= 0.6 is 11.8 Å². The summed E-state index contributed by atoms with van der Waals surface area (Å²) in [5.41, 5.74) is 3.29. The maximum Gasteiger partial charge on any atom is 0.206 e. The van der Waals surface area contributed by atoms with Crippen molar-refractivity contribution in [1.29, 1.82) is 0 Å². The normalized spacial score (nSPS) is 10.8. The van der Waals surface area contributed by atoms with E-state index in [2.05, 4.69) is 32.8 Å². The van der Waals surface area contributed by atoms with Crippen molar-refractivity contribution in [2.45, 2.75) is 44.9 Å². The van der Waals surface area contributed by atoms with Gasteiger partial charge in [-0.25, -0.2) is 5.10 Å². The lowest BCUT2D eigenvalue weighted by Gasteiger charge is -2.15. The molecule has 2 N–H and O–H groups in total. The molecule has 0 aliphatic heterocycles. The number of nitrogens with zero attached hydrogens (tertiary/aromatic N) is 3. The lowest BCUT2D eigenvalue weighted by molar-refractivity contribution is 0.101. The summed E-state index contributed by atoms with van der Waals surface area (Å²) < 4.78 is 5.96. The molecule has 2 aromatic carbocycles. The van der Waals surface area contributed by atoms with Crippen LogP contribution in [0.2, 0.25) is 0 Å². The molecule has 0 spiro atoms. The molecule has 0 aliphatic rings. The number of ether oxygens (including phenoxy) is 1. The third-order valence-electron chi connectivity index (χ3n) is 4.49. The van der Waals surface area contributed by atoms with Crippen molar-refractivity contribution in [3.63, 3.8) is 0 Å². The van der Waals surface area contributed by atoms with Crippen molar-refractivity contribution in [2.75, 3.05) is 5.75 Å². The highest BCUT2D eigenvalue weighted by molar-refractivity contribution is 7.99. The summed E-state index contributed by atoms with van der Waals surface area (Å²) in [6.45, 7) is 3.88. The van der Waals surface area contributed by atoms with Crippen LogP contribution in [0.5, 0.6) is 11.5 Å². The highest BCUT2D eigenvalue weighted by Crippen LogP contribution is 2.33. The summed E-state index contributed by atoms with van der Waals surface area (Å²) in [5.74, 6) is 1.39. The van der Waals surface area contributed by atoms with E-state index in [9.17, 15) is 9.90 Å². The van der Waals surface area contributed by atoms with Crippen LogP contribution in [0.25, 0.3) is 0 Å². The molecular formula is C21H24N4O3S. The highest BCUT2D eigenvalue weighted by Gasteiger charge is 2.16. The molecule has 0 unspecified atom stereocenters. The van der Waals surface area contributed by atoms with Crippen molar-refractivity contribution in [3.05, 3.63) is 58.7 Å². The van der Waals surface area contributed by atoms with Gasteiger partial charge in [0.1, 0.15) is 18.1 Å². The molecule has 1 heterocycles. The minimum atomic E-state index is -0.153. The van der Waals surface area contributed by atoms with Crippen LogP contribution in [-0.2, 0) is 19.4 Å². The van der Waals surface area contributed by atoms with Gasteiger partial charge in [0.05, 0.1) is 5.56 Å². The molecular weight excluding hydrogens is 388 g/mol. The number of carbonyl (C=O) groups is 1. The molecule has 0 fully saturated rings. The number of aryl methyl sites for hydroxylation is 1. The molecule has 0 saturated heterocycles. The van der Waals surface area contributed by atoms with Crippen molar-refractivity contribution >= 4 is 17.5 Å². The molecule has 152 valence electrons. The fourth-order valence-corrected chi connectivity index (χ4v) is 3.70. The molecule has 0 amide bonds. The molecule has 0 radical (unpaired) electrons. The summed E-state index contributed by atoms with van der Waals surface area (Å²) in [6, 6.07) is 11.6. The van der Waals surface area contributed by atoms with Gasteiger partial charge < -0.3 is 9.84 Å². The number of nitrogens with one attached hydrogen (secondary N) is 1. The predicted octanol–water partition coefficient (Wildman–Crippen LogP) is 3.97. The number of phenols is 1. The number of hydrogen-bond acceptors (Lipinski definition) is 7. The Bertz CT molecular complexity index is 943. The van der Waals surface area contributed by atoms with Crippen molar-refractivity contribution < 1.29 is 14.6 Å². The lowest BCUT2D eigenvalue weighted by Crippen LogP contribution is -2.02. The van der Waals surface area contributed by atoms with E-state index in [0.717, 1.165) is 29.3 Å². The number of benzene rings is 2. The quantitative estimate of drug-likeness (QED) is 0.384. The Hall–Kier alpha value is -2.87. The van der Waals surface area contributed by atoms with E-state index in [0.29, 0.717) is 29.9 Å². The minimum Gasteiger partial charge on any atom is -0.507 e. The van der Waals surface area contributed by atoms with Crippen LogP contribution < -0.4 is 4.74 Å². The number of aromatic hydroxyl groups is 1. The molecule has 0 aliphatic carbocycles. The summed E-state index contributed by atoms with van der Waals surface area (Å²) in [7, 11) is 0. The zero-order valence-corrected chi connectivity index (χ0v) is 17.3. The number of rotatable bonds is 10. The Kier molecular flexibility index (Phi) is 7.24. The molecule has 0 bridgehead atoms. The van der Waals surface area contributed by atoms with Gasteiger partial charge in [-0.2, -0.15) is 0 Å². The second kappa shape index (κ2) is 10.1. The third kappa shape index (κ3) is 5.57. The van der Waals surface area contributed by atoms with Gasteiger partial charge in [-0.3, -0.25) is 4.79 Å². The number of ketones is 1. The zero-order valence-electron chi connectivity index (χ0n) is 16.5. The van der Waals surface area contributed by atoms with Crippen LogP contribution in [0.4, 0.5) is 0 Å². The summed E-state index contributed by atoms with van der Waals surface area (Å²) in [4.78, 5) is 11.7. The number of hydrogen-bond donors (Lipinski definition) is 2. The van der Waals surface area contributed by atoms with E-state index in [1.165, 1.54) is 12.5 Å². The number of H-pyrrole nitrogens is 1. The number of phenolic OH excluding ortho intramolecular Hbond substituents is 1. The van der Waals surface area contributed by atoms with E-state index in [1.54, 1.807) is 23.9 Å². The van der Waals surface area contributed by atoms with Gasteiger partial charge in [-0.05, 0) is 53.5 Å². The third-order valence-corrected chi connectivity index (χ3v) is 5.35. The van der Waals surface area contributed by atoms with E-state index in [1.807, 2.05) is 19.1 Å². The Labute approximate surface area is 173 Å². The van der Waals surface area contributed by atoms with Crippen LogP contribution in [-0.4, -0.2) is 37.3 Å². The van der Waals surface area contributed by atoms with Crippen LogP contribution in [0.15, 0.2) is 41.6 Å². The highest BCUT2D eigenvalue weighted by atomic mass is 32.2. The fraction of sp³-hybridized carbons (Fsp3) is 0.333. The molecule has 3 rings (SSSR count). The van der Waals surface area contributed by atoms with E-state index >= 15 is 0 Å². The SMILES string of the molecule is CCCc1c(OCc2ccc(CCSc3nnn[nH]3)cc2)ccc(C(C)=O)c1O. The molecule has 3 aromatic rings. The van der Waals surface area contributed by atoms with Crippen molar-refractivity contribution in [2.24, 2.45) is 0 Å². The van der Waals surface area contributed by atoms with Gasteiger partial charge in [0.25, 0.3) is 0 Å². The molecule has 7 nitrogen and oxygen atoms in total. The summed E-state index contributed by atoms with van der Waals surface area (Å²) >= 11 is 1.58. The Balaban J connectivity index is 1.59. The van der Waals surface area contributed by atoms with E-state index in [4.69, 9.17) is 4.74 Å². The first kappa shape index (κ1) is 20.9. The van der Waals surface area contributed by atoms with Gasteiger partial charge in [-0.15, -0.1) is 5.10 Å². The Morgan fingerprint density at radius 1 is 1.14 bits per heavy atom. The number of tetrazole rings is 1. The van der Waals surface area contributed by atoms with Crippen LogP contribution in [0.1, 0.15) is 47.3 Å². The first-order chi connectivity index (χ1) is 14.1. The molecule has 0 saturated carbocycles. The number of aromatic nitrogens is 4. The smallest absolute Gasteiger partial charge is 0.206 e. The number of aromatic amines is 1. The molecule has 0 atom stereocenters. The van der Waals surface area contributed by atoms with Gasteiger partial charge in [0.15, 0.2) is 5.78 Å². The Morgan fingerprint density at radius 3 is 2.55 bits per heavy atom. The van der Waals surface area contributed by atoms with Gasteiger partial charge in [-0.1, -0.05) is 49.4 Å². The first-order valence-corrected chi connectivity index (χ1v) is 10.5. The van der Waals surface area contributed by atoms with E-state index in [-0.39, 0.29) is 11.5 Å². The largest absolute Gasteiger partial charge is 0.507 e. The van der Waals surface area contributed by atoms with Crippen LogP contribution in [0, 0.1) is 0 Å².